The first-order valence-electron chi connectivity index (χ1n) is 8.17. The minimum absolute atomic E-state index is 0.714. The Hall–Kier alpha value is -3.00. The summed E-state index contributed by atoms with van der Waals surface area (Å²) in [4.78, 5) is 0. The largest absolute Gasteiger partial charge is 0.397 e. The van der Waals surface area contributed by atoms with Crippen LogP contribution in [-0.2, 0) is 6.42 Å². The molecule has 120 valence electrons. The first-order valence-corrected chi connectivity index (χ1v) is 8.17. The van der Waals surface area contributed by atoms with E-state index in [9.17, 15) is 0 Å². The van der Waals surface area contributed by atoms with E-state index in [0.29, 0.717) is 5.69 Å². The number of aryl methyl sites for hydroxylation is 1. The van der Waals surface area contributed by atoms with Crippen molar-refractivity contribution in [3.05, 3.63) is 90.5 Å². The molecule has 0 heterocycles. The van der Waals surface area contributed by atoms with E-state index in [4.69, 9.17) is 5.73 Å². The van der Waals surface area contributed by atoms with Gasteiger partial charge in [0, 0.05) is 5.70 Å². The van der Waals surface area contributed by atoms with Gasteiger partial charge >= 0.3 is 0 Å². The van der Waals surface area contributed by atoms with Crippen LogP contribution < -0.4 is 11.1 Å². The van der Waals surface area contributed by atoms with E-state index in [1.807, 2.05) is 24.3 Å². The summed E-state index contributed by atoms with van der Waals surface area (Å²) < 4.78 is 0. The molecule has 0 unspecified atom stereocenters. The Morgan fingerprint density at radius 3 is 2.38 bits per heavy atom. The number of nitrogens with two attached hydrogens (primary N) is 1. The van der Waals surface area contributed by atoms with E-state index >= 15 is 0 Å². The molecular formula is C22H22N2. The summed E-state index contributed by atoms with van der Waals surface area (Å²) in [6, 6.07) is 24.8. The van der Waals surface area contributed by atoms with Gasteiger partial charge in [0.05, 0.1) is 11.4 Å². The third-order valence-electron chi connectivity index (χ3n) is 4.15. The molecule has 24 heavy (non-hydrogen) atoms. The van der Waals surface area contributed by atoms with Crippen LogP contribution in [0.4, 0.5) is 11.4 Å². The van der Waals surface area contributed by atoms with Crippen LogP contribution in [0.25, 0.3) is 16.8 Å². The predicted molar refractivity (Wildman–Crippen MR) is 105 cm³/mol. The van der Waals surface area contributed by atoms with Crippen LogP contribution in [0.15, 0.2) is 79.4 Å². The van der Waals surface area contributed by atoms with Crippen LogP contribution in [0, 0.1) is 0 Å². The summed E-state index contributed by atoms with van der Waals surface area (Å²) in [5, 5.41) is 3.28. The molecule has 0 aliphatic rings. The number of hydrogen-bond acceptors (Lipinski definition) is 2. The maximum Gasteiger partial charge on any atom is 0.0617 e. The van der Waals surface area contributed by atoms with Gasteiger partial charge in [-0.05, 0) is 40.8 Å². The second-order valence-corrected chi connectivity index (χ2v) is 5.82. The minimum atomic E-state index is 0.714. The lowest BCUT2D eigenvalue weighted by Crippen LogP contribution is -2.00. The van der Waals surface area contributed by atoms with Crippen LogP contribution in [-0.4, -0.2) is 0 Å². The predicted octanol–water partition coefficient (Wildman–Crippen LogP) is 5.58. The van der Waals surface area contributed by atoms with E-state index in [1.165, 1.54) is 16.7 Å². The summed E-state index contributed by atoms with van der Waals surface area (Å²) in [6.07, 6.45) is 1.05. The van der Waals surface area contributed by atoms with Gasteiger partial charge in [0.1, 0.15) is 0 Å². The van der Waals surface area contributed by atoms with Gasteiger partial charge in [-0.2, -0.15) is 0 Å². The van der Waals surface area contributed by atoms with Crippen LogP contribution in [0.1, 0.15) is 18.1 Å². The van der Waals surface area contributed by atoms with Gasteiger partial charge in [-0.15, -0.1) is 0 Å². The van der Waals surface area contributed by atoms with Gasteiger partial charge in [-0.3, -0.25) is 0 Å². The lowest BCUT2D eigenvalue weighted by Gasteiger charge is -2.12. The molecule has 0 fully saturated rings. The molecule has 0 atom stereocenters. The molecule has 0 saturated carbocycles. The molecule has 3 aromatic carbocycles. The third kappa shape index (κ3) is 3.49. The van der Waals surface area contributed by atoms with Gasteiger partial charge in [-0.25, -0.2) is 0 Å². The highest BCUT2D eigenvalue weighted by atomic mass is 14.9. The zero-order valence-electron chi connectivity index (χ0n) is 13.9. The maximum absolute atomic E-state index is 5.97. The minimum Gasteiger partial charge on any atom is -0.397 e. The molecule has 0 aromatic heterocycles. The Bertz CT molecular complexity index is 848. The number of rotatable bonds is 5. The van der Waals surface area contributed by atoms with E-state index in [-0.39, 0.29) is 0 Å². The smallest absolute Gasteiger partial charge is 0.0617 e. The van der Waals surface area contributed by atoms with Crippen molar-refractivity contribution < 1.29 is 0 Å². The first kappa shape index (κ1) is 15.9. The lowest BCUT2D eigenvalue weighted by atomic mass is 10.0. The Morgan fingerprint density at radius 2 is 1.67 bits per heavy atom. The molecular weight excluding hydrogens is 292 g/mol. The number of para-hydroxylation sites is 2. The van der Waals surface area contributed by atoms with Crippen LogP contribution in [0.2, 0.25) is 0 Å². The highest BCUT2D eigenvalue weighted by molar-refractivity contribution is 5.81. The second-order valence-electron chi connectivity index (χ2n) is 5.82. The molecule has 2 nitrogen and oxygen atoms in total. The summed E-state index contributed by atoms with van der Waals surface area (Å²) in [6.45, 7) is 6.30. The average molecular weight is 314 g/mol. The third-order valence-corrected chi connectivity index (χ3v) is 4.15. The van der Waals surface area contributed by atoms with Gasteiger partial charge < -0.3 is 11.1 Å². The van der Waals surface area contributed by atoms with E-state index in [0.717, 1.165) is 23.4 Å². The van der Waals surface area contributed by atoms with E-state index in [1.54, 1.807) is 0 Å². The lowest BCUT2D eigenvalue weighted by molar-refractivity contribution is 1.14. The van der Waals surface area contributed by atoms with E-state index < -0.39 is 0 Å². The number of benzene rings is 3. The Labute approximate surface area is 143 Å². The van der Waals surface area contributed by atoms with Gasteiger partial charge in [-0.1, -0.05) is 74.2 Å². The quantitative estimate of drug-likeness (QED) is 0.603. The Morgan fingerprint density at radius 1 is 0.917 bits per heavy atom. The van der Waals surface area contributed by atoms with Gasteiger partial charge in [0.25, 0.3) is 0 Å². The standard InChI is InChI=1S/C22H22N2/c1-3-17-7-6-8-20(15-17)19-13-11-18(12-14-19)16(2)24-22-10-5-4-9-21(22)23/h4-15,24H,2-3,23H2,1H3. The van der Waals surface area contributed by atoms with Crippen molar-refractivity contribution in [2.24, 2.45) is 0 Å². The highest BCUT2D eigenvalue weighted by Gasteiger charge is 2.04. The molecule has 3 N–H and O–H groups in total. The zero-order valence-corrected chi connectivity index (χ0v) is 13.9. The molecule has 0 spiro atoms. The number of nitrogens with one attached hydrogen (secondary N) is 1. The van der Waals surface area contributed by atoms with Gasteiger partial charge in [0.2, 0.25) is 0 Å². The monoisotopic (exact) mass is 314 g/mol. The molecule has 3 rings (SSSR count). The van der Waals surface area contributed by atoms with Crippen LogP contribution >= 0.6 is 0 Å². The molecule has 3 aromatic rings. The normalized spacial score (nSPS) is 10.4. The topological polar surface area (TPSA) is 38.0 Å². The van der Waals surface area contributed by atoms with Crippen LogP contribution in [0.3, 0.4) is 0 Å². The molecule has 0 bridgehead atoms. The number of anilines is 2. The molecule has 0 aliphatic heterocycles. The summed E-state index contributed by atoms with van der Waals surface area (Å²) in [5.41, 5.74) is 13.2. The molecule has 0 saturated heterocycles. The SMILES string of the molecule is C=C(Nc1ccccc1N)c1ccc(-c2cccc(CC)c2)cc1. The summed E-state index contributed by atoms with van der Waals surface area (Å²) in [7, 11) is 0. The molecule has 0 aliphatic carbocycles. The Kier molecular flexibility index (Phi) is 4.66. The zero-order chi connectivity index (χ0) is 16.9. The van der Waals surface area contributed by atoms with Crippen molar-refractivity contribution in [3.63, 3.8) is 0 Å². The highest BCUT2D eigenvalue weighted by Crippen LogP contribution is 2.25. The fraction of sp³-hybridized carbons (Fsp3) is 0.0909. The van der Waals surface area contributed by atoms with Crippen molar-refractivity contribution in [1.82, 2.24) is 0 Å². The summed E-state index contributed by atoms with van der Waals surface area (Å²) >= 11 is 0. The van der Waals surface area contributed by atoms with Crippen molar-refractivity contribution in [3.8, 4) is 11.1 Å². The summed E-state index contributed by atoms with van der Waals surface area (Å²) in [5.74, 6) is 0. The van der Waals surface area contributed by atoms with Gasteiger partial charge in [0.15, 0.2) is 0 Å². The average Bonchev–Trinajstić information content (AvgIpc) is 2.64. The van der Waals surface area contributed by atoms with Crippen molar-refractivity contribution in [2.45, 2.75) is 13.3 Å². The second kappa shape index (κ2) is 7.05. The number of nitrogen functional groups attached to an aromatic ring is 1. The number of hydrogen-bond donors (Lipinski definition) is 2. The van der Waals surface area contributed by atoms with Crippen molar-refractivity contribution >= 4 is 17.1 Å². The molecule has 0 amide bonds. The van der Waals surface area contributed by atoms with Crippen molar-refractivity contribution in [1.29, 1.82) is 0 Å². The fourth-order valence-electron chi connectivity index (χ4n) is 2.68. The molecule has 2 heteroatoms. The maximum atomic E-state index is 5.97. The fourth-order valence-corrected chi connectivity index (χ4v) is 2.68. The Balaban J connectivity index is 1.79. The molecule has 0 radical (unpaired) electrons. The van der Waals surface area contributed by atoms with Crippen molar-refractivity contribution in [2.75, 3.05) is 11.1 Å². The first-order chi connectivity index (χ1) is 11.7. The van der Waals surface area contributed by atoms with Crippen LogP contribution in [0.5, 0.6) is 0 Å². The van der Waals surface area contributed by atoms with E-state index in [2.05, 4.69) is 67.4 Å².